The quantitative estimate of drug-likeness (QED) is 0.743. The van der Waals surface area contributed by atoms with Gasteiger partial charge in [0.1, 0.15) is 11.9 Å². The highest BCUT2D eigenvalue weighted by atomic mass is 35.5. The van der Waals surface area contributed by atoms with Gasteiger partial charge in [0.25, 0.3) is 0 Å². The predicted octanol–water partition coefficient (Wildman–Crippen LogP) is 4.18. The van der Waals surface area contributed by atoms with Crippen LogP contribution < -0.4 is 5.32 Å². The Bertz CT molecular complexity index is 936. The summed E-state index contributed by atoms with van der Waals surface area (Å²) < 4.78 is 14.8. The summed E-state index contributed by atoms with van der Waals surface area (Å²) in [5, 5.41) is 15.7. The lowest BCUT2D eigenvalue weighted by Gasteiger charge is -2.24. The smallest absolute Gasteiger partial charge is 0.248 e. The number of anilines is 1. The van der Waals surface area contributed by atoms with E-state index in [1.807, 2.05) is 18.2 Å². The first kappa shape index (κ1) is 15.1. The molecule has 24 heavy (non-hydrogen) atoms. The largest absolute Gasteiger partial charge is 0.323 e. The van der Waals surface area contributed by atoms with Crippen molar-refractivity contribution >= 4 is 34.8 Å². The zero-order valence-electron chi connectivity index (χ0n) is 12.1. The Hall–Kier alpha value is -2.44. The summed E-state index contributed by atoms with van der Waals surface area (Å²) in [5.74, 6) is 0.173. The third-order valence-corrected chi connectivity index (χ3v) is 4.62. The molecular weight excluding hydrogens is 352 g/mol. The van der Waals surface area contributed by atoms with E-state index in [1.54, 1.807) is 22.9 Å². The Morgan fingerprint density at radius 1 is 1.08 bits per heavy atom. The van der Waals surface area contributed by atoms with E-state index in [1.165, 1.54) is 12.1 Å². The van der Waals surface area contributed by atoms with Crippen molar-refractivity contribution in [1.82, 2.24) is 20.2 Å². The summed E-state index contributed by atoms with van der Waals surface area (Å²) in [6, 6.07) is 11.2. The Morgan fingerprint density at radius 2 is 1.88 bits per heavy atom. The Kier molecular flexibility index (Phi) is 3.70. The monoisotopic (exact) mass is 361 g/mol. The Morgan fingerprint density at radius 3 is 2.67 bits per heavy atom. The minimum absolute atomic E-state index is 0.297. The highest BCUT2D eigenvalue weighted by Crippen LogP contribution is 2.37. The second-order valence-corrected chi connectivity index (χ2v) is 6.03. The number of hydrogen-bond donors (Lipinski definition) is 1. The van der Waals surface area contributed by atoms with Gasteiger partial charge in [0.15, 0.2) is 0 Å². The van der Waals surface area contributed by atoms with Crippen molar-refractivity contribution in [1.29, 1.82) is 0 Å². The lowest BCUT2D eigenvalue weighted by Crippen LogP contribution is -2.20. The van der Waals surface area contributed by atoms with Crippen molar-refractivity contribution in [2.75, 3.05) is 5.32 Å². The molecule has 0 amide bonds. The van der Waals surface area contributed by atoms with Crippen LogP contribution in [0.3, 0.4) is 0 Å². The summed E-state index contributed by atoms with van der Waals surface area (Å²) >= 11 is 12.5. The van der Waals surface area contributed by atoms with Crippen LogP contribution in [0, 0.1) is 5.82 Å². The van der Waals surface area contributed by atoms with Gasteiger partial charge < -0.3 is 5.32 Å². The fourth-order valence-corrected chi connectivity index (χ4v) is 3.04. The number of hydrogen-bond acceptors (Lipinski definition) is 4. The van der Waals surface area contributed by atoms with Crippen molar-refractivity contribution in [3.63, 3.8) is 0 Å². The van der Waals surface area contributed by atoms with Gasteiger partial charge in [0.2, 0.25) is 5.95 Å². The molecule has 3 aromatic rings. The summed E-state index contributed by atoms with van der Waals surface area (Å²) in [4.78, 5) is 0. The van der Waals surface area contributed by atoms with E-state index < -0.39 is 0 Å². The van der Waals surface area contributed by atoms with Crippen molar-refractivity contribution < 1.29 is 4.39 Å². The van der Waals surface area contributed by atoms with E-state index in [4.69, 9.17) is 23.2 Å². The zero-order valence-corrected chi connectivity index (χ0v) is 13.6. The molecule has 2 aromatic carbocycles. The first-order valence-corrected chi connectivity index (χ1v) is 7.85. The number of halogens is 3. The average Bonchev–Trinajstić information content (AvgIpc) is 3.06. The average molecular weight is 362 g/mol. The van der Waals surface area contributed by atoms with Crippen LogP contribution in [0.4, 0.5) is 10.3 Å². The van der Waals surface area contributed by atoms with Crippen LogP contribution in [0.5, 0.6) is 0 Å². The number of allylic oxidation sites excluding steroid dienone is 1. The molecule has 0 aliphatic carbocycles. The molecule has 4 rings (SSSR count). The zero-order chi connectivity index (χ0) is 16.7. The molecule has 8 heteroatoms. The van der Waals surface area contributed by atoms with Gasteiger partial charge in [-0.3, -0.25) is 0 Å². The van der Waals surface area contributed by atoms with E-state index >= 15 is 0 Å². The lowest BCUT2D eigenvalue weighted by molar-refractivity contribution is 0.586. The minimum Gasteiger partial charge on any atom is -0.323 e. The molecule has 0 saturated carbocycles. The normalized spacial score (nSPS) is 16.3. The number of tetrazole rings is 1. The van der Waals surface area contributed by atoms with Gasteiger partial charge in [-0.2, -0.15) is 4.68 Å². The molecule has 1 aromatic heterocycles. The molecule has 1 aliphatic heterocycles. The molecule has 0 bridgehead atoms. The topological polar surface area (TPSA) is 55.6 Å². The van der Waals surface area contributed by atoms with Crippen LogP contribution in [0.25, 0.3) is 5.70 Å². The number of nitrogens with one attached hydrogen (secondary N) is 1. The summed E-state index contributed by atoms with van der Waals surface area (Å²) in [7, 11) is 0. The molecule has 5 nitrogen and oxygen atoms in total. The van der Waals surface area contributed by atoms with Gasteiger partial charge in [-0.1, -0.05) is 40.4 Å². The predicted molar refractivity (Wildman–Crippen MR) is 90.4 cm³/mol. The molecule has 0 unspecified atom stereocenters. The summed E-state index contributed by atoms with van der Waals surface area (Å²) in [6.45, 7) is 0. The summed E-state index contributed by atoms with van der Waals surface area (Å²) in [5.41, 5.74) is 2.35. The molecule has 0 radical (unpaired) electrons. The van der Waals surface area contributed by atoms with Crippen LogP contribution >= 0.6 is 23.2 Å². The molecule has 1 N–H and O–H groups in total. The number of nitrogens with zero attached hydrogens (tertiary/aromatic N) is 4. The highest BCUT2D eigenvalue weighted by molar-refractivity contribution is 6.42. The molecule has 1 atom stereocenters. The minimum atomic E-state index is -0.331. The van der Waals surface area contributed by atoms with E-state index in [0.29, 0.717) is 16.0 Å². The first-order chi connectivity index (χ1) is 11.6. The maximum atomic E-state index is 13.2. The molecule has 0 fully saturated rings. The third kappa shape index (κ3) is 2.53. The fourth-order valence-electron chi connectivity index (χ4n) is 2.62. The van der Waals surface area contributed by atoms with E-state index in [9.17, 15) is 4.39 Å². The SMILES string of the molecule is Fc1ccc(C2=C[C@H](c3cccc(Cl)c3Cl)n3nnnc3N2)cc1. The maximum absolute atomic E-state index is 13.2. The van der Waals surface area contributed by atoms with Crippen LogP contribution in [0.15, 0.2) is 48.5 Å². The number of fused-ring (bicyclic) bond motifs is 1. The van der Waals surface area contributed by atoms with Crippen LogP contribution in [0.1, 0.15) is 17.2 Å². The molecule has 1 aliphatic rings. The number of aromatic nitrogens is 4. The number of rotatable bonds is 2. The van der Waals surface area contributed by atoms with Crippen molar-refractivity contribution in [2.45, 2.75) is 6.04 Å². The first-order valence-electron chi connectivity index (χ1n) is 7.10. The van der Waals surface area contributed by atoms with Gasteiger partial charge in [0, 0.05) is 11.3 Å². The van der Waals surface area contributed by atoms with Crippen LogP contribution in [-0.2, 0) is 0 Å². The molecule has 0 spiro atoms. The maximum Gasteiger partial charge on any atom is 0.248 e. The molecule has 0 saturated heterocycles. The molecule has 120 valence electrons. The Balaban J connectivity index is 1.85. The second-order valence-electron chi connectivity index (χ2n) is 5.25. The lowest BCUT2D eigenvalue weighted by atomic mass is 10.0. The van der Waals surface area contributed by atoms with E-state index in [0.717, 1.165) is 16.8 Å². The molecule has 2 heterocycles. The van der Waals surface area contributed by atoms with Gasteiger partial charge in [-0.25, -0.2) is 4.39 Å². The van der Waals surface area contributed by atoms with Crippen molar-refractivity contribution in [2.24, 2.45) is 0 Å². The van der Waals surface area contributed by atoms with Crippen LogP contribution in [-0.4, -0.2) is 20.2 Å². The van der Waals surface area contributed by atoms with Gasteiger partial charge in [0.05, 0.1) is 10.0 Å². The highest BCUT2D eigenvalue weighted by Gasteiger charge is 2.26. The third-order valence-electron chi connectivity index (χ3n) is 3.78. The van der Waals surface area contributed by atoms with Gasteiger partial charge in [-0.05, 0) is 52.4 Å². The van der Waals surface area contributed by atoms with Crippen molar-refractivity contribution in [3.05, 3.63) is 75.5 Å². The van der Waals surface area contributed by atoms with Gasteiger partial charge >= 0.3 is 0 Å². The van der Waals surface area contributed by atoms with E-state index in [2.05, 4.69) is 20.8 Å². The molecular formula is C16H10Cl2FN5. The van der Waals surface area contributed by atoms with Crippen LogP contribution in [0.2, 0.25) is 10.0 Å². The van der Waals surface area contributed by atoms with E-state index in [-0.39, 0.29) is 11.9 Å². The Labute approximate surface area is 146 Å². The van der Waals surface area contributed by atoms with Crippen molar-refractivity contribution in [3.8, 4) is 0 Å². The second kappa shape index (κ2) is 5.89. The fraction of sp³-hybridized carbons (Fsp3) is 0.0625. The standard InChI is InChI=1S/C16H10Cl2FN5/c17-12-3-1-2-11(15(12)18)14-8-13(9-4-6-10(19)7-5-9)20-16-21-22-23-24(14)16/h1-8,14H,(H,20,21,23)/t14-/m1/s1. The number of benzene rings is 2. The summed E-state index contributed by atoms with van der Waals surface area (Å²) in [6.07, 6.45) is 1.92. The van der Waals surface area contributed by atoms with Gasteiger partial charge in [-0.15, -0.1) is 0 Å².